The van der Waals surface area contributed by atoms with Gasteiger partial charge >= 0.3 is 0 Å². The van der Waals surface area contributed by atoms with Crippen molar-refractivity contribution in [1.82, 2.24) is 9.80 Å². The maximum atomic E-state index is 12.8. The lowest BCUT2D eigenvalue weighted by atomic mass is 9.95. The van der Waals surface area contributed by atoms with Gasteiger partial charge in [-0.3, -0.25) is 14.4 Å². The zero-order valence-corrected chi connectivity index (χ0v) is 18.2. The summed E-state index contributed by atoms with van der Waals surface area (Å²) in [6.45, 7) is 2.53. The summed E-state index contributed by atoms with van der Waals surface area (Å²) < 4.78 is 0. The predicted molar refractivity (Wildman–Crippen MR) is 125 cm³/mol. The standard InChI is InChI=1S/C26H29N3O3/c30-24-10-5-15-29(24)19-21-8-4-9-23(18-21)27-26(32)22-13-16-28(17-14-22)25(31)12-11-20-6-2-1-3-7-20/h1-4,6-9,11-12,18,22H,5,10,13-17,19H2,(H,27,32)/b12-11+. The van der Waals surface area contributed by atoms with Crippen molar-refractivity contribution in [2.45, 2.75) is 32.2 Å². The van der Waals surface area contributed by atoms with E-state index in [0.29, 0.717) is 38.9 Å². The maximum absolute atomic E-state index is 12.8. The Morgan fingerprint density at radius 2 is 1.78 bits per heavy atom. The van der Waals surface area contributed by atoms with Crippen molar-refractivity contribution in [2.75, 3.05) is 25.0 Å². The van der Waals surface area contributed by atoms with Gasteiger partial charge in [-0.05, 0) is 48.6 Å². The van der Waals surface area contributed by atoms with Crippen LogP contribution in [0, 0.1) is 5.92 Å². The second-order valence-corrected chi connectivity index (χ2v) is 8.45. The van der Waals surface area contributed by atoms with E-state index in [1.54, 1.807) is 11.0 Å². The van der Waals surface area contributed by atoms with Crippen molar-refractivity contribution in [3.8, 4) is 0 Å². The van der Waals surface area contributed by atoms with Crippen LogP contribution >= 0.6 is 0 Å². The lowest BCUT2D eigenvalue weighted by Crippen LogP contribution is -2.40. The van der Waals surface area contributed by atoms with Crippen LogP contribution in [-0.2, 0) is 20.9 Å². The van der Waals surface area contributed by atoms with E-state index in [4.69, 9.17) is 0 Å². The second-order valence-electron chi connectivity index (χ2n) is 8.45. The lowest BCUT2D eigenvalue weighted by Gasteiger charge is -2.30. The third-order valence-electron chi connectivity index (χ3n) is 6.13. The number of likely N-dealkylation sites (tertiary alicyclic amines) is 2. The fraction of sp³-hybridized carbons (Fsp3) is 0.346. The lowest BCUT2D eigenvalue weighted by molar-refractivity contribution is -0.130. The van der Waals surface area contributed by atoms with Crippen LogP contribution in [0.1, 0.15) is 36.8 Å². The molecular formula is C26H29N3O3. The molecule has 0 saturated carbocycles. The topological polar surface area (TPSA) is 69.7 Å². The third-order valence-corrected chi connectivity index (χ3v) is 6.13. The number of rotatable bonds is 6. The smallest absolute Gasteiger partial charge is 0.246 e. The summed E-state index contributed by atoms with van der Waals surface area (Å²) in [5.74, 6) is 0.0588. The molecule has 6 nitrogen and oxygen atoms in total. The molecule has 0 bridgehead atoms. The van der Waals surface area contributed by atoms with Crippen molar-refractivity contribution in [3.05, 3.63) is 71.8 Å². The van der Waals surface area contributed by atoms with E-state index in [1.807, 2.05) is 65.6 Å². The van der Waals surface area contributed by atoms with Crippen LogP contribution in [0.5, 0.6) is 0 Å². The Kier molecular flexibility index (Phi) is 7.00. The quantitative estimate of drug-likeness (QED) is 0.709. The van der Waals surface area contributed by atoms with Crippen molar-refractivity contribution < 1.29 is 14.4 Å². The second kappa shape index (κ2) is 10.3. The first-order valence-electron chi connectivity index (χ1n) is 11.3. The monoisotopic (exact) mass is 431 g/mol. The molecule has 4 rings (SSSR count). The van der Waals surface area contributed by atoms with Gasteiger partial charge in [-0.1, -0.05) is 42.5 Å². The van der Waals surface area contributed by atoms with Crippen molar-refractivity contribution in [1.29, 1.82) is 0 Å². The summed E-state index contributed by atoms with van der Waals surface area (Å²) in [5, 5.41) is 3.02. The molecule has 6 heteroatoms. The molecule has 166 valence electrons. The number of amides is 3. The van der Waals surface area contributed by atoms with Gasteiger partial charge in [0.2, 0.25) is 17.7 Å². The molecule has 32 heavy (non-hydrogen) atoms. The number of hydrogen-bond acceptors (Lipinski definition) is 3. The molecule has 0 spiro atoms. The SMILES string of the molecule is O=C(Nc1cccc(CN2CCCC2=O)c1)C1CCN(C(=O)/C=C/c2ccccc2)CC1. The van der Waals surface area contributed by atoms with Crippen LogP contribution in [0.3, 0.4) is 0 Å². The predicted octanol–water partition coefficient (Wildman–Crippen LogP) is 3.70. The maximum Gasteiger partial charge on any atom is 0.246 e. The largest absolute Gasteiger partial charge is 0.339 e. The van der Waals surface area contributed by atoms with Gasteiger partial charge in [-0.15, -0.1) is 0 Å². The van der Waals surface area contributed by atoms with Crippen LogP contribution < -0.4 is 5.32 Å². The Labute approximate surface area is 188 Å². The number of carbonyl (C=O) groups is 3. The molecule has 0 atom stereocenters. The minimum Gasteiger partial charge on any atom is -0.339 e. The average molecular weight is 432 g/mol. The molecule has 0 unspecified atom stereocenters. The highest BCUT2D eigenvalue weighted by Gasteiger charge is 2.27. The molecule has 2 aliphatic rings. The Morgan fingerprint density at radius 3 is 2.50 bits per heavy atom. The van der Waals surface area contributed by atoms with Crippen molar-refractivity contribution in [2.24, 2.45) is 5.92 Å². The van der Waals surface area contributed by atoms with E-state index in [9.17, 15) is 14.4 Å². The van der Waals surface area contributed by atoms with E-state index in [-0.39, 0.29) is 23.6 Å². The number of nitrogens with one attached hydrogen (secondary N) is 1. The third kappa shape index (κ3) is 5.63. The highest BCUT2D eigenvalue weighted by atomic mass is 16.2. The summed E-state index contributed by atoms with van der Waals surface area (Å²) in [7, 11) is 0. The Hall–Kier alpha value is -3.41. The van der Waals surface area contributed by atoms with E-state index >= 15 is 0 Å². The highest BCUT2D eigenvalue weighted by Crippen LogP contribution is 2.22. The normalized spacial score (nSPS) is 17.2. The number of hydrogen-bond donors (Lipinski definition) is 1. The van der Waals surface area contributed by atoms with Gasteiger partial charge in [-0.25, -0.2) is 0 Å². The van der Waals surface area contributed by atoms with Crippen LogP contribution in [0.2, 0.25) is 0 Å². The molecule has 2 aromatic carbocycles. The Morgan fingerprint density at radius 1 is 1.00 bits per heavy atom. The number of carbonyl (C=O) groups excluding carboxylic acids is 3. The van der Waals surface area contributed by atoms with E-state index in [1.165, 1.54) is 0 Å². The van der Waals surface area contributed by atoms with Crippen LogP contribution in [0.4, 0.5) is 5.69 Å². The molecule has 3 amide bonds. The van der Waals surface area contributed by atoms with Crippen LogP contribution in [0.25, 0.3) is 6.08 Å². The van der Waals surface area contributed by atoms with Crippen molar-refractivity contribution in [3.63, 3.8) is 0 Å². The van der Waals surface area contributed by atoms with Crippen LogP contribution in [-0.4, -0.2) is 47.2 Å². The zero-order chi connectivity index (χ0) is 22.3. The fourth-order valence-corrected chi connectivity index (χ4v) is 4.28. The molecule has 2 heterocycles. The van der Waals surface area contributed by atoms with Gasteiger partial charge in [0.25, 0.3) is 0 Å². The number of piperidine rings is 1. The summed E-state index contributed by atoms with van der Waals surface area (Å²) in [6.07, 6.45) is 6.27. The van der Waals surface area contributed by atoms with Crippen molar-refractivity contribution >= 4 is 29.5 Å². The van der Waals surface area contributed by atoms with Gasteiger partial charge in [-0.2, -0.15) is 0 Å². The fourth-order valence-electron chi connectivity index (χ4n) is 4.28. The molecule has 0 aromatic heterocycles. The van der Waals surface area contributed by atoms with Crippen LogP contribution in [0.15, 0.2) is 60.7 Å². The highest BCUT2D eigenvalue weighted by molar-refractivity contribution is 5.94. The molecule has 2 fully saturated rings. The summed E-state index contributed by atoms with van der Waals surface area (Å²) in [4.78, 5) is 40.7. The number of anilines is 1. The first-order valence-corrected chi connectivity index (χ1v) is 11.3. The minimum absolute atomic E-state index is 0.00803. The molecule has 2 saturated heterocycles. The summed E-state index contributed by atoms with van der Waals surface area (Å²) >= 11 is 0. The van der Waals surface area contributed by atoms with E-state index < -0.39 is 0 Å². The van der Waals surface area contributed by atoms with Gasteiger partial charge in [0.1, 0.15) is 0 Å². The Balaban J connectivity index is 1.26. The number of nitrogens with zero attached hydrogens (tertiary/aromatic N) is 2. The summed E-state index contributed by atoms with van der Waals surface area (Å²) in [5.41, 5.74) is 2.76. The molecule has 0 aliphatic carbocycles. The average Bonchev–Trinajstić information content (AvgIpc) is 3.22. The molecular weight excluding hydrogens is 402 g/mol. The van der Waals surface area contributed by atoms with Gasteiger partial charge in [0.15, 0.2) is 0 Å². The first kappa shape index (κ1) is 21.8. The molecule has 1 N–H and O–H groups in total. The minimum atomic E-state index is -0.110. The van der Waals surface area contributed by atoms with Gasteiger partial charge in [0, 0.05) is 50.3 Å². The van der Waals surface area contributed by atoms with Gasteiger partial charge < -0.3 is 15.1 Å². The van der Waals surface area contributed by atoms with Gasteiger partial charge in [0.05, 0.1) is 0 Å². The Bertz CT molecular complexity index is 994. The molecule has 0 radical (unpaired) electrons. The zero-order valence-electron chi connectivity index (χ0n) is 18.2. The number of benzene rings is 2. The summed E-state index contributed by atoms with van der Waals surface area (Å²) in [6, 6.07) is 17.4. The molecule has 2 aromatic rings. The van der Waals surface area contributed by atoms with E-state index in [2.05, 4.69) is 5.32 Å². The molecule has 2 aliphatic heterocycles. The first-order chi connectivity index (χ1) is 15.6. The van der Waals surface area contributed by atoms with E-state index in [0.717, 1.165) is 29.8 Å².